The first-order valence-electron chi connectivity index (χ1n) is 7.30. The summed E-state index contributed by atoms with van der Waals surface area (Å²) >= 11 is 6.02. The molecule has 1 saturated carbocycles. The zero-order valence-corrected chi connectivity index (χ0v) is 12.6. The van der Waals surface area contributed by atoms with Gasteiger partial charge in [-0.25, -0.2) is 0 Å². The fraction of sp³-hybridized carbons (Fsp3) is 0.625. The summed E-state index contributed by atoms with van der Waals surface area (Å²) in [4.78, 5) is 2.42. The Bertz CT molecular complexity index is 386. The molecule has 0 aromatic heterocycles. The van der Waals surface area contributed by atoms with Crippen LogP contribution in [0.4, 0.5) is 0 Å². The number of hydrogen-bond donors (Lipinski definition) is 1. The van der Waals surface area contributed by atoms with Crippen LogP contribution in [-0.4, -0.2) is 25.0 Å². The predicted molar refractivity (Wildman–Crippen MR) is 82.3 cm³/mol. The minimum absolute atomic E-state index is 0.773. The van der Waals surface area contributed by atoms with Crippen molar-refractivity contribution in [3.05, 3.63) is 34.9 Å². The predicted octanol–water partition coefficient (Wildman–Crippen LogP) is 3.54. The lowest BCUT2D eigenvalue weighted by atomic mass is 9.82. The summed E-state index contributed by atoms with van der Waals surface area (Å²) in [6.45, 7) is 3.03. The van der Waals surface area contributed by atoms with Gasteiger partial charge in [0.15, 0.2) is 0 Å². The monoisotopic (exact) mass is 280 g/mol. The Balaban J connectivity index is 1.77. The number of hydrogen-bond acceptors (Lipinski definition) is 2. The van der Waals surface area contributed by atoms with Crippen molar-refractivity contribution < 1.29 is 0 Å². The second-order valence-electron chi connectivity index (χ2n) is 5.95. The molecule has 2 nitrogen and oxygen atoms in total. The summed E-state index contributed by atoms with van der Waals surface area (Å²) in [5, 5.41) is 0.828. The number of nitrogens with zero attached hydrogens (tertiary/aromatic N) is 1. The Morgan fingerprint density at radius 2 is 1.89 bits per heavy atom. The molecule has 106 valence electrons. The summed E-state index contributed by atoms with van der Waals surface area (Å²) in [7, 11) is 2.20. The van der Waals surface area contributed by atoms with Gasteiger partial charge >= 0.3 is 0 Å². The van der Waals surface area contributed by atoms with Crippen molar-refractivity contribution in [2.24, 2.45) is 17.6 Å². The molecule has 0 saturated heterocycles. The molecule has 0 amide bonds. The van der Waals surface area contributed by atoms with Gasteiger partial charge in [-0.1, -0.05) is 23.7 Å². The standard InChI is InChI=1S/C16H25ClN2/c1-19(12-15-3-2-4-16(17)9-15)11-14-7-5-13(10-18)6-8-14/h2-4,9,13-14H,5-8,10-12,18H2,1H3. The van der Waals surface area contributed by atoms with E-state index in [4.69, 9.17) is 17.3 Å². The van der Waals surface area contributed by atoms with Crippen molar-refractivity contribution in [2.45, 2.75) is 32.2 Å². The Labute approximate surface area is 121 Å². The summed E-state index contributed by atoms with van der Waals surface area (Å²) in [6, 6.07) is 8.16. The molecular weight excluding hydrogens is 256 g/mol. The number of rotatable bonds is 5. The van der Waals surface area contributed by atoms with Crippen molar-refractivity contribution in [3.8, 4) is 0 Å². The van der Waals surface area contributed by atoms with Crippen molar-refractivity contribution in [2.75, 3.05) is 20.1 Å². The first-order valence-corrected chi connectivity index (χ1v) is 7.68. The quantitative estimate of drug-likeness (QED) is 0.894. The maximum atomic E-state index is 6.02. The molecular formula is C16H25ClN2. The average Bonchev–Trinajstić information content (AvgIpc) is 2.39. The van der Waals surface area contributed by atoms with Crippen LogP contribution < -0.4 is 5.73 Å². The van der Waals surface area contributed by atoms with Gasteiger partial charge < -0.3 is 10.6 Å². The second kappa shape index (κ2) is 7.28. The van der Waals surface area contributed by atoms with Gasteiger partial charge in [-0.15, -0.1) is 0 Å². The molecule has 1 fully saturated rings. The summed E-state index contributed by atoms with van der Waals surface area (Å²) < 4.78 is 0. The van der Waals surface area contributed by atoms with Crippen LogP contribution in [-0.2, 0) is 6.54 Å². The molecule has 1 aromatic rings. The van der Waals surface area contributed by atoms with Gasteiger partial charge in [0.25, 0.3) is 0 Å². The van der Waals surface area contributed by atoms with Crippen molar-refractivity contribution in [3.63, 3.8) is 0 Å². The summed E-state index contributed by atoms with van der Waals surface area (Å²) in [5.41, 5.74) is 7.04. The normalized spacial score (nSPS) is 23.8. The van der Waals surface area contributed by atoms with Crippen molar-refractivity contribution >= 4 is 11.6 Å². The van der Waals surface area contributed by atoms with Gasteiger partial charge in [0.05, 0.1) is 0 Å². The number of benzene rings is 1. The lowest BCUT2D eigenvalue weighted by molar-refractivity contribution is 0.201. The Morgan fingerprint density at radius 1 is 1.21 bits per heavy atom. The molecule has 0 spiro atoms. The van der Waals surface area contributed by atoms with E-state index in [0.29, 0.717) is 0 Å². The van der Waals surface area contributed by atoms with Gasteiger partial charge in [0.2, 0.25) is 0 Å². The van der Waals surface area contributed by atoms with Crippen LogP contribution in [0.2, 0.25) is 5.02 Å². The summed E-state index contributed by atoms with van der Waals surface area (Å²) in [5.74, 6) is 1.61. The lowest BCUT2D eigenvalue weighted by Gasteiger charge is -2.30. The maximum absolute atomic E-state index is 6.02. The molecule has 0 aliphatic heterocycles. The van der Waals surface area contributed by atoms with Gasteiger partial charge in [-0.3, -0.25) is 0 Å². The molecule has 1 aliphatic rings. The van der Waals surface area contributed by atoms with Gasteiger partial charge in [-0.05, 0) is 68.8 Å². The lowest BCUT2D eigenvalue weighted by Crippen LogP contribution is -2.29. The zero-order chi connectivity index (χ0) is 13.7. The van der Waals surface area contributed by atoms with E-state index < -0.39 is 0 Å². The highest BCUT2D eigenvalue weighted by Gasteiger charge is 2.21. The van der Waals surface area contributed by atoms with Crippen LogP contribution in [0, 0.1) is 11.8 Å². The second-order valence-corrected chi connectivity index (χ2v) is 6.39. The fourth-order valence-corrected chi connectivity index (χ4v) is 3.31. The molecule has 2 rings (SSSR count). The largest absolute Gasteiger partial charge is 0.330 e. The first kappa shape index (κ1) is 14.8. The highest BCUT2D eigenvalue weighted by atomic mass is 35.5. The minimum Gasteiger partial charge on any atom is -0.330 e. The Morgan fingerprint density at radius 3 is 2.53 bits per heavy atom. The third-order valence-corrected chi connectivity index (χ3v) is 4.45. The smallest absolute Gasteiger partial charge is 0.0409 e. The highest BCUT2D eigenvalue weighted by Crippen LogP contribution is 2.28. The van der Waals surface area contributed by atoms with E-state index >= 15 is 0 Å². The molecule has 0 bridgehead atoms. The van der Waals surface area contributed by atoms with Crippen molar-refractivity contribution in [1.82, 2.24) is 4.90 Å². The van der Waals surface area contributed by atoms with Gasteiger partial charge in [0, 0.05) is 18.1 Å². The fourth-order valence-electron chi connectivity index (χ4n) is 3.10. The van der Waals surface area contributed by atoms with Gasteiger partial charge in [-0.2, -0.15) is 0 Å². The number of halogens is 1. The van der Waals surface area contributed by atoms with Crippen LogP contribution in [0.5, 0.6) is 0 Å². The van der Waals surface area contributed by atoms with E-state index in [-0.39, 0.29) is 0 Å². The van der Waals surface area contributed by atoms with Crippen LogP contribution >= 0.6 is 11.6 Å². The molecule has 19 heavy (non-hydrogen) atoms. The molecule has 0 heterocycles. The van der Waals surface area contributed by atoms with E-state index in [2.05, 4.69) is 24.1 Å². The van der Waals surface area contributed by atoms with E-state index in [0.717, 1.165) is 29.9 Å². The number of nitrogens with two attached hydrogens (primary N) is 1. The van der Waals surface area contributed by atoms with Crippen LogP contribution in [0.25, 0.3) is 0 Å². The van der Waals surface area contributed by atoms with E-state index in [1.165, 1.54) is 37.8 Å². The SMILES string of the molecule is CN(Cc1cccc(Cl)c1)CC1CCC(CN)CC1. The molecule has 3 heteroatoms. The minimum atomic E-state index is 0.773. The molecule has 0 atom stereocenters. The van der Waals surface area contributed by atoms with Crippen LogP contribution in [0.15, 0.2) is 24.3 Å². The van der Waals surface area contributed by atoms with E-state index in [1.54, 1.807) is 0 Å². The molecule has 1 aliphatic carbocycles. The Hall–Kier alpha value is -0.570. The molecule has 0 unspecified atom stereocenters. The van der Waals surface area contributed by atoms with E-state index in [1.807, 2.05) is 12.1 Å². The first-order chi connectivity index (χ1) is 9.17. The summed E-state index contributed by atoms with van der Waals surface area (Å²) in [6.07, 6.45) is 5.29. The average molecular weight is 281 g/mol. The third-order valence-electron chi connectivity index (χ3n) is 4.21. The maximum Gasteiger partial charge on any atom is 0.0409 e. The molecule has 2 N–H and O–H groups in total. The third kappa shape index (κ3) is 4.79. The van der Waals surface area contributed by atoms with Crippen molar-refractivity contribution in [1.29, 1.82) is 0 Å². The Kier molecular flexibility index (Phi) is 5.68. The van der Waals surface area contributed by atoms with Crippen LogP contribution in [0.3, 0.4) is 0 Å². The van der Waals surface area contributed by atoms with Crippen LogP contribution in [0.1, 0.15) is 31.2 Å². The van der Waals surface area contributed by atoms with Gasteiger partial charge in [0.1, 0.15) is 0 Å². The highest BCUT2D eigenvalue weighted by molar-refractivity contribution is 6.30. The topological polar surface area (TPSA) is 29.3 Å². The molecule has 0 radical (unpaired) electrons. The molecule has 1 aromatic carbocycles. The zero-order valence-electron chi connectivity index (χ0n) is 11.8. The van der Waals surface area contributed by atoms with E-state index in [9.17, 15) is 0 Å².